The molecule has 4 heteroatoms. The van der Waals surface area contributed by atoms with Gasteiger partial charge in [0.2, 0.25) is 0 Å². The molecule has 0 aliphatic carbocycles. The lowest BCUT2D eigenvalue weighted by atomic mass is 10.1. The molecule has 0 spiro atoms. The third-order valence-corrected chi connectivity index (χ3v) is 3.00. The molecule has 1 heterocycles. The van der Waals surface area contributed by atoms with E-state index in [9.17, 15) is 0 Å². The molecule has 0 saturated heterocycles. The molecule has 2 rings (SSSR count). The summed E-state index contributed by atoms with van der Waals surface area (Å²) in [6.45, 7) is 2.52. The number of nitrogens with two attached hydrogens (primary N) is 1. The van der Waals surface area contributed by atoms with Crippen LogP contribution >= 0.6 is 11.3 Å². The summed E-state index contributed by atoms with van der Waals surface area (Å²) in [5.74, 6) is 0.850. The molecular formula is C12H14N2OS. The summed E-state index contributed by atoms with van der Waals surface area (Å²) in [6.07, 6.45) is 1.82. The maximum absolute atomic E-state index is 5.81. The van der Waals surface area contributed by atoms with Crippen molar-refractivity contribution in [3.63, 3.8) is 0 Å². The predicted octanol–water partition coefficient (Wildman–Crippen LogP) is 2.74. The molecule has 1 unspecified atom stereocenters. The Morgan fingerprint density at radius 3 is 3.06 bits per heavy atom. The van der Waals surface area contributed by atoms with Gasteiger partial charge in [-0.2, -0.15) is 0 Å². The van der Waals surface area contributed by atoms with Crippen molar-refractivity contribution in [3.8, 4) is 5.75 Å². The zero-order chi connectivity index (χ0) is 11.4. The minimum absolute atomic E-state index is 0.0342. The van der Waals surface area contributed by atoms with Gasteiger partial charge in [0.15, 0.2) is 0 Å². The summed E-state index contributed by atoms with van der Waals surface area (Å²) in [5, 5.41) is 0. The summed E-state index contributed by atoms with van der Waals surface area (Å²) < 4.78 is 5.66. The first kappa shape index (κ1) is 11.1. The smallest absolute Gasteiger partial charge is 0.124 e. The lowest BCUT2D eigenvalue weighted by Gasteiger charge is -2.09. The van der Waals surface area contributed by atoms with Crippen LogP contribution in [-0.2, 0) is 6.61 Å². The highest BCUT2D eigenvalue weighted by molar-refractivity contribution is 7.09. The molecule has 1 atom stereocenters. The van der Waals surface area contributed by atoms with Crippen LogP contribution in [0.15, 0.2) is 36.0 Å². The van der Waals surface area contributed by atoms with Gasteiger partial charge in [-0.15, -0.1) is 11.3 Å². The Kier molecular flexibility index (Phi) is 3.54. The highest BCUT2D eigenvalue weighted by Gasteiger charge is 2.02. The van der Waals surface area contributed by atoms with Gasteiger partial charge in [-0.3, -0.25) is 4.98 Å². The third-order valence-electron chi connectivity index (χ3n) is 2.25. The molecule has 0 radical (unpaired) electrons. The molecule has 0 aliphatic rings. The van der Waals surface area contributed by atoms with E-state index in [0.717, 1.165) is 16.2 Å². The number of rotatable bonds is 4. The molecule has 1 aromatic heterocycles. The number of thiazole rings is 1. The standard InChI is InChI=1S/C12H14N2OS/c1-9(13)10-3-2-4-11(5-10)15-7-12-6-14-8-16-12/h2-6,8-9H,7,13H2,1H3. The summed E-state index contributed by atoms with van der Waals surface area (Å²) in [7, 11) is 0. The monoisotopic (exact) mass is 234 g/mol. The van der Waals surface area contributed by atoms with Gasteiger partial charge in [-0.25, -0.2) is 0 Å². The second-order valence-electron chi connectivity index (χ2n) is 3.62. The molecule has 2 N–H and O–H groups in total. The molecule has 2 aromatic rings. The molecule has 0 bridgehead atoms. The Hall–Kier alpha value is -1.39. The molecule has 1 aromatic carbocycles. The van der Waals surface area contributed by atoms with Crippen molar-refractivity contribution in [2.24, 2.45) is 5.73 Å². The van der Waals surface area contributed by atoms with Crippen molar-refractivity contribution in [3.05, 3.63) is 46.4 Å². The first-order chi connectivity index (χ1) is 7.75. The topological polar surface area (TPSA) is 48.1 Å². The fraction of sp³-hybridized carbons (Fsp3) is 0.250. The van der Waals surface area contributed by atoms with Gasteiger partial charge in [0.25, 0.3) is 0 Å². The van der Waals surface area contributed by atoms with E-state index >= 15 is 0 Å². The summed E-state index contributed by atoms with van der Waals surface area (Å²) in [6, 6.07) is 7.91. The van der Waals surface area contributed by atoms with Crippen LogP contribution in [0.2, 0.25) is 0 Å². The van der Waals surface area contributed by atoms with Gasteiger partial charge >= 0.3 is 0 Å². The van der Waals surface area contributed by atoms with E-state index in [4.69, 9.17) is 10.5 Å². The highest BCUT2D eigenvalue weighted by Crippen LogP contribution is 2.19. The Morgan fingerprint density at radius 2 is 2.38 bits per heavy atom. The van der Waals surface area contributed by atoms with E-state index in [-0.39, 0.29) is 6.04 Å². The number of nitrogens with zero attached hydrogens (tertiary/aromatic N) is 1. The van der Waals surface area contributed by atoms with Gasteiger partial charge in [0, 0.05) is 12.2 Å². The Labute approximate surface area is 98.9 Å². The quantitative estimate of drug-likeness (QED) is 0.884. The number of hydrogen-bond acceptors (Lipinski definition) is 4. The molecule has 0 amide bonds. The maximum Gasteiger partial charge on any atom is 0.124 e. The Balaban J connectivity index is 2.01. The van der Waals surface area contributed by atoms with Crippen LogP contribution in [0.3, 0.4) is 0 Å². The first-order valence-corrected chi connectivity index (χ1v) is 5.99. The van der Waals surface area contributed by atoms with Crippen molar-refractivity contribution in [1.29, 1.82) is 0 Å². The van der Waals surface area contributed by atoms with E-state index in [1.54, 1.807) is 16.8 Å². The number of benzene rings is 1. The molecule has 0 aliphatic heterocycles. The maximum atomic E-state index is 5.81. The van der Waals surface area contributed by atoms with Crippen LogP contribution in [0.25, 0.3) is 0 Å². The van der Waals surface area contributed by atoms with Crippen LogP contribution in [0, 0.1) is 0 Å². The van der Waals surface area contributed by atoms with Crippen LogP contribution in [0.4, 0.5) is 0 Å². The summed E-state index contributed by atoms with van der Waals surface area (Å²) >= 11 is 1.59. The van der Waals surface area contributed by atoms with E-state index in [1.807, 2.05) is 37.4 Å². The number of aromatic nitrogens is 1. The molecule has 0 saturated carbocycles. The Morgan fingerprint density at radius 1 is 1.50 bits per heavy atom. The van der Waals surface area contributed by atoms with Gasteiger partial charge in [-0.05, 0) is 24.6 Å². The molecule has 0 fully saturated rings. The molecule has 3 nitrogen and oxygen atoms in total. The lowest BCUT2D eigenvalue weighted by Crippen LogP contribution is -2.05. The van der Waals surface area contributed by atoms with Crippen LogP contribution in [0.5, 0.6) is 5.75 Å². The van der Waals surface area contributed by atoms with E-state index in [1.165, 1.54) is 0 Å². The second-order valence-corrected chi connectivity index (χ2v) is 4.59. The average Bonchev–Trinajstić information content (AvgIpc) is 2.79. The fourth-order valence-electron chi connectivity index (χ4n) is 1.36. The van der Waals surface area contributed by atoms with Crippen LogP contribution in [-0.4, -0.2) is 4.98 Å². The zero-order valence-corrected chi connectivity index (χ0v) is 9.91. The predicted molar refractivity (Wildman–Crippen MR) is 65.5 cm³/mol. The summed E-state index contributed by atoms with van der Waals surface area (Å²) in [4.78, 5) is 5.12. The third kappa shape index (κ3) is 2.81. The van der Waals surface area contributed by atoms with Gasteiger partial charge in [0.1, 0.15) is 12.4 Å². The van der Waals surface area contributed by atoms with E-state index in [0.29, 0.717) is 6.61 Å². The summed E-state index contributed by atoms with van der Waals surface area (Å²) in [5.41, 5.74) is 8.70. The SMILES string of the molecule is CC(N)c1cccc(OCc2cncs2)c1. The largest absolute Gasteiger partial charge is 0.488 e. The fourth-order valence-corrected chi connectivity index (χ4v) is 1.86. The lowest BCUT2D eigenvalue weighted by molar-refractivity contribution is 0.309. The van der Waals surface area contributed by atoms with Crippen molar-refractivity contribution >= 4 is 11.3 Å². The van der Waals surface area contributed by atoms with Crippen LogP contribution in [0.1, 0.15) is 23.4 Å². The van der Waals surface area contributed by atoms with E-state index < -0.39 is 0 Å². The van der Waals surface area contributed by atoms with Crippen LogP contribution < -0.4 is 10.5 Å². The van der Waals surface area contributed by atoms with Crippen molar-refractivity contribution in [2.45, 2.75) is 19.6 Å². The van der Waals surface area contributed by atoms with E-state index in [2.05, 4.69) is 4.98 Å². The van der Waals surface area contributed by atoms with Gasteiger partial charge in [0.05, 0.1) is 10.4 Å². The zero-order valence-electron chi connectivity index (χ0n) is 9.09. The second kappa shape index (κ2) is 5.09. The molecular weight excluding hydrogens is 220 g/mol. The average molecular weight is 234 g/mol. The number of ether oxygens (including phenoxy) is 1. The van der Waals surface area contributed by atoms with Gasteiger partial charge < -0.3 is 10.5 Å². The normalized spacial score (nSPS) is 12.4. The molecule has 84 valence electrons. The minimum atomic E-state index is 0.0342. The van der Waals surface area contributed by atoms with Gasteiger partial charge in [-0.1, -0.05) is 12.1 Å². The molecule has 16 heavy (non-hydrogen) atoms. The van der Waals surface area contributed by atoms with Crippen molar-refractivity contribution < 1.29 is 4.74 Å². The first-order valence-electron chi connectivity index (χ1n) is 5.11. The number of hydrogen-bond donors (Lipinski definition) is 1. The van der Waals surface area contributed by atoms with Crippen molar-refractivity contribution in [1.82, 2.24) is 4.98 Å². The minimum Gasteiger partial charge on any atom is -0.488 e. The van der Waals surface area contributed by atoms with Crippen molar-refractivity contribution in [2.75, 3.05) is 0 Å². The Bertz CT molecular complexity index is 440. The highest BCUT2D eigenvalue weighted by atomic mass is 32.1.